The normalized spacial score (nSPS) is 10.7. The number of nitrogens with one attached hydrogen (secondary N) is 3. The summed E-state index contributed by atoms with van der Waals surface area (Å²) in [6.07, 6.45) is 2.84. The number of urea groups is 1. The Morgan fingerprint density at radius 3 is 2.43 bits per heavy atom. The summed E-state index contributed by atoms with van der Waals surface area (Å²) in [5.41, 5.74) is -0.924. The summed E-state index contributed by atoms with van der Waals surface area (Å²) in [6.45, 7) is 3.07. The van der Waals surface area contributed by atoms with Crippen molar-refractivity contribution < 1.29 is 23.9 Å². The molecule has 0 saturated heterocycles. The molecule has 2 aromatic heterocycles. The first-order valence-corrected chi connectivity index (χ1v) is 8.25. The van der Waals surface area contributed by atoms with Gasteiger partial charge in [-0.3, -0.25) is 25.2 Å². The second-order valence-electron chi connectivity index (χ2n) is 6.06. The van der Waals surface area contributed by atoms with Crippen molar-refractivity contribution in [3.63, 3.8) is 0 Å². The number of methoxy groups -OCH3 is 1. The van der Waals surface area contributed by atoms with Gasteiger partial charge in [-0.15, -0.1) is 0 Å². The third kappa shape index (κ3) is 5.48. The first-order chi connectivity index (χ1) is 13.2. The molecule has 148 valence electrons. The van der Waals surface area contributed by atoms with Gasteiger partial charge in [0.25, 0.3) is 11.8 Å². The van der Waals surface area contributed by atoms with Crippen molar-refractivity contribution in [2.45, 2.75) is 19.4 Å². The maximum atomic E-state index is 11.9. The van der Waals surface area contributed by atoms with Crippen molar-refractivity contribution >= 4 is 23.7 Å². The Kier molecular flexibility index (Phi) is 6.61. The lowest BCUT2D eigenvalue weighted by atomic mass is 10.1. The number of amides is 4. The zero-order chi connectivity index (χ0) is 20.7. The van der Waals surface area contributed by atoms with E-state index in [4.69, 9.17) is 9.47 Å². The van der Waals surface area contributed by atoms with E-state index in [2.05, 4.69) is 25.9 Å². The predicted molar refractivity (Wildman–Crippen MR) is 100 cm³/mol. The number of anilines is 1. The van der Waals surface area contributed by atoms with Crippen molar-refractivity contribution in [2.24, 2.45) is 0 Å². The molecule has 0 bridgehead atoms. The molecule has 0 aliphatic rings. The zero-order valence-corrected chi connectivity index (χ0v) is 15.9. The Morgan fingerprint density at radius 2 is 1.82 bits per heavy atom. The minimum absolute atomic E-state index is 0.214. The monoisotopic (exact) mass is 387 g/mol. The predicted octanol–water partition coefficient (Wildman–Crippen LogP) is 1.70. The van der Waals surface area contributed by atoms with Crippen LogP contribution in [-0.2, 0) is 9.53 Å². The van der Waals surface area contributed by atoms with Crippen molar-refractivity contribution in [1.29, 1.82) is 0 Å². The Balaban J connectivity index is 1.97. The minimum Gasteiger partial charge on any atom is -0.456 e. The molecule has 3 N–H and O–H groups in total. The van der Waals surface area contributed by atoms with Crippen molar-refractivity contribution in [3.05, 3.63) is 42.4 Å². The number of imide groups is 1. The topological polar surface area (TPSA) is 132 Å². The van der Waals surface area contributed by atoms with Gasteiger partial charge < -0.3 is 14.8 Å². The number of ether oxygens (including phenoxy) is 2. The average Bonchev–Trinajstić information content (AvgIpc) is 2.69. The number of hydrogen-bond donors (Lipinski definition) is 3. The Bertz CT molecular complexity index is 867. The first-order valence-electron chi connectivity index (χ1n) is 8.25. The van der Waals surface area contributed by atoms with Gasteiger partial charge in [0.2, 0.25) is 0 Å². The van der Waals surface area contributed by atoms with Crippen LogP contribution in [0.5, 0.6) is 11.5 Å². The molecule has 2 rings (SSSR count). The van der Waals surface area contributed by atoms with Crippen LogP contribution in [0.15, 0.2) is 36.7 Å². The van der Waals surface area contributed by atoms with E-state index in [0.717, 1.165) is 0 Å². The van der Waals surface area contributed by atoms with Crippen LogP contribution >= 0.6 is 0 Å². The standard InChI is InChI=1S/C18H21N5O5/c1-18(2,27-4)16(25)23-17(26)22-14-6-5-12(10-21-14)28-11-7-8-20-13(9-11)15(24)19-3/h5-10H,1-4H3,(H,19,24)(H2,21,22,23,25,26). The first kappa shape index (κ1) is 20.8. The van der Waals surface area contributed by atoms with E-state index in [-0.39, 0.29) is 17.4 Å². The van der Waals surface area contributed by atoms with Crippen molar-refractivity contribution in [1.82, 2.24) is 20.6 Å². The maximum Gasteiger partial charge on any atom is 0.327 e. The van der Waals surface area contributed by atoms with Crippen LogP contribution in [0.3, 0.4) is 0 Å². The molecule has 28 heavy (non-hydrogen) atoms. The molecule has 0 radical (unpaired) electrons. The van der Waals surface area contributed by atoms with Gasteiger partial charge in [-0.25, -0.2) is 9.78 Å². The molecule has 4 amide bonds. The number of hydrogen-bond acceptors (Lipinski definition) is 7. The van der Waals surface area contributed by atoms with Crippen LogP contribution in [0, 0.1) is 0 Å². The second-order valence-corrected chi connectivity index (χ2v) is 6.06. The van der Waals surface area contributed by atoms with Gasteiger partial charge in [0.1, 0.15) is 28.6 Å². The number of nitrogens with zero attached hydrogens (tertiary/aromatic N) is 2. The van der Waals surface area contributed by atoms with Gasteiger partial charge in [0.05, 0.1) is 6.20 Å². The van der Waals surface area contributed by atoms with Gasteiger partial charge in [-0.1, -0.05) is 0 Å². The number of carbonyl (C=O) groups excluding carboxylic acids is 3. The quantitative estimate of drug-likeness (QED) is 0.687. The smallest absolute Gasteiger partial charge is 0.327 e. The number of aromatic nitrogens is 2. The largest absolute Gasteiger partial charge is 0.456 e. The summed E-state index contributed by atoms with van der Waals surface area (Å²) in [5, 5.41) is 7.08. The molecule has 2 heterocycles. The van der Waals surface area contributed by atoms with Gasteiger partial charge >= 0.3 is 6.03 Å². The molecule has 0 spiro atoms. The number of pyridine rings is 2. The fraction of sp³-hybridized carbons (Fsp3) is 0.278. The molecule has 10 nitrogen and oxygen atoms in total. The van der Waals surface area contributed by atoms with E-state index >= 15 is 0 Å². The van der Waals surface area contributed by atoms with Crippen molar-refractivity contribution in [2.75, 3.05) is 19.5 Å². The third-order valence-electron chi connectivity index (χ3n) is 3.69. The molecule has 0 saturated carbocycles. The Morgan fingerprint density at radius 1 is 1.07 bits per heavy atom. The van der Waals surface area contributed by atoms with Gasteiger partial charge in [0.15, 0.2) is 0 Å². The highest BCUT2D eigenvalue weighted by Crippen LogP contribution is 2.21. The average molecular weight is 387 g/mol. The van der Waals surface area contributed by atoms with Gasteiger partial charge in [0, 0.05) is 26.4 Å². The van der Waals surface area contributed by atoms with E-state index in [0.29, 0.717) is 11.5 Å². The highest BCUT2D eigenvalue weighted by molar-refractivity contribution is 6.03. The SMILES string of the molecule is CNC(=O)c1cc(Oc2ccc(NC(=O)NC(=O)C(C)(C)OC)nc2)ccn1. The van der Waals surface area contributed by atoms with Crippen LogP contribution in [-0.4, -0.2) is 47.6 Å². The lowest BCUT2D eigenvalue weighted by Gasteiger charge is -2.20. The summed E-state index contributed by atoms with van der Waals surface area (Å²) in [7, 11) is 2.88. The molecule has 0 aliphatic carbocycles. The molecule has 0 unspecified atom stereocenters. The van der Waals surface area contributed by atoms with E-state index in [1.807, 2.05) is 0 Å². The molecule has 0 aliphatic heterocycles. The van der Waals surface area contributed by atoms with Crippen LogP contribution in [0.25, 0.3) is 0 Å². The number of carbonyl (C=O) groups is 3. The third-order valence-corrected chi connectivity index (χ3v) is 3.69. The van der Waals surface area contributed by atoms with E-state index in [1.165, 1.54) is 52.5 Å². The lowest BCUT2D eigenvalue weighted by molar-refractivity contribution is -0.138. The Hall–Kier alpha value is -3.53. The van der Waals surface area contributed by atoms with E-state index in [1.54, 1.807) is 12.1 Å². The van der Waals surface area contributed by atoms with E-state index in [9.17, 15) is 14.4 Å². The molecule has 0 atom stereocenters. The fourth-order valence-electron chi connectivity index (χ4n) is 1.87. The fourth-order valence-corrected chi connectivity index (χ4v) is 1.87. The molecule has 0 aromatic carbocycles. The maximum absolute atomic E-state index is 11.9. The van der Waals surface area contributed by atoms with Crippen LogP contribution in [0.4, 0.5) is 10.6 Å². The highest BCUT2D eigenvalue weighted by atomic mass is 16.5. The minimum atomic E-state index is -1.14. The van der Waals surface area contributed by atoms with Crippen molar-refractivity contribution in [3.8, 4) is 11.5 Å². The van der Waals surface area contributed by atoms with Gasteiger partial charge in [-0.05, 0) is 32.0 Å². The Labute approximate surface area is 161 Å². The second kappa shape index (κ2) is 8.91. The number of rotatable bonds is 6. The zero-order valence-electron chi connectivity index (χ0n) is 15.9. The summed E-state index contributed by atoms with van der Waals surface area (Å²) in [5.74, 6) is 0.0869. The molecule has 10 heteroatoms. The summed E-state index contributed by atoms with van der Waals surface area (Å²) in [6, 6.07) is 5.42. The van der Waals surface area contributed by atoms with Crippen LogP contribution in [0.1, 0.15) is 24.3 Å². The summed E-state index contributed by atoms with van der Waals surface area (Å²) < 4.78 is 10.6. The highest BCUT2D eigenvalue weighted by Gasteiger charge is 2.28. The molecular formula is C18H21N5O5. The summed E-state index contributed by atoms with van der Waals surface area (Å²) >= 11 is 0. The molecule has 0 fully saturated rings. The lowest BCUT2D eigenvalue weighted by Crippen LogP contribution is -2.47. The van der Waals surface area contributed by atoms with E-state index < -0.39 is 17.5 Å². The van der Waals surface area contributed by atoms with Gasteiger partial charge in [-0.2, -0.15) is 0 Å². The van der Waals surface area contributed by atoms with Crippen LogP contribution < -0.4 is 20.7 Å². The molecule has 2 aromatic rings. The molecular weight excluding hydrogens is 366 g/mol. The van der Waals surface area contributed by atoms with Crippen LogP contribution in [0.2, 0.25) is 0 Å². The summed E-state index contributed by atoms with van der Waals surface area (Å²) in [4.78, 5) is 43.4.